The van der Waals surface area contributed by atoms with Gasteiger partial charge in [0.05, 0.1) is 19.9 Å². The molecule has 0 spiro atoms. The quantitative estimate of drug-likeness (QED) is 0.747. The predicted molar refractivity (Wildman–Crippen MR) is 83.2 cm³/mol. The molecule has 1 N–H and O–H groups in total. The van der Waals surface area contributed by atoms with Gasteiger partial charge >= 0.3 is 5.97 Å². The molecule has 1 rings (SSSR count). The van der Waals surface area contributed by atoms with Crippen LogP contribution in [0.4, 0.5) is 5.69 Å². The maximum absolute atomic E-state index is 11.8. The second kappa shape index (κ2) is 8.92. The maximum atomic E-state index is 11.8. The molecule has 6 heteroatoms. The van der Waals surface area contributed by atoms with Gasteiger partial charge in [-0.25, -0.2) is 0 Å². The lowest BCUT2D eigenvalue weighted by Crippen LogP contribution is -2.21. The van der Waals surface area contributed by atoms with Crippen molar-refractivity contribution in [3.05, 3.63) is 18.2 Å². The number of methoxy groups -OCH3 is 2. The van der Waals surface area contributed by atoms with E-state index in [9.17, 15) is 9.59 Å². The molecule has 1 amide bonds. The van der Waals surface area contributed by atoms with Crippen LogP contribution in [-0.2, 0) is 14.3 Å². The molecule has 22 heavy (non-hydrogen) atoms. The SMILES string of the molecule is COc1ccc(NC(=O)COC(=O)CCC(C)C)c(OC)c1. The van der Waals surface area contributed by atoms with Crippen LogP contribution in [0.3, 0.4) is 0 Å². The van der Waals surface area contributed by atoms with Crippen molar-refractivity contribution in [2.24, 2.45) is 5.92 Å². The summed E-state index contributed by atoms with van der Waals surface area (Å²) in [6.07, 6.45) is 1.06. The van der Waals surface area contributed by atoms with Gasteiger partial charge in [0, 0.05) is 12.5 Å². The third kappa shape index (κ3) is 6.03. The van der Waals surface area contributed by atoms with Gasteiger partial charge in [0.25, 0.3) is 5.91 Å². The summed E-state index contributed by atoms with van der Waals surface area (Å²) in [6.45, 7) is 3.73. The van der Waals surface area contributed by atoms with Crippen LogP contribution in [0.15, 0.2) is 18.2 Å². The number of carbonyl (C=O) groups excluding carboxylic acids is 2. The van der Waals surface area contributed by atoms with Crippen LogP contribution < -0.4 is 14.8 Å². The molecule has 0 fully saturated rings. The van der Waals surface area contributed by atoms with E-state index >= 15 is 0 Å². The number of amides is 1. The summed E-state index contributed by atoms with van der Waals surface area (Å²) in [6, 6.07) is 5.02. The third-order valence-corrected chi connectivity index (χ3v) is 2.97. The number of carbonyl (C=O) groups is 2. The van der Waals surface area contributed by atoms with Gasteiger partial charge < -0.3 is 19.5 Å². The zero-order valence-corrected chi connectivity index (χ0v) is 13.5. The molecule has 0 heterocycles. The average molecular weight is 309 g/mol. The number of hydrogen-bond donors (Lipinski definition) is 1. The number of benzene rings is 1. The first-order valence-electron chi connectivity index (χ1n) is 7.13. The molecule has 122 valence electrons. The monoisotopic (exact) mass is 309 g/mol. The van der Waals surface area contributed by atoms with Crippen molar-refractivity contribution < 1.29 is 23.8 Å². The molecule has 0 bridgehead atoms. The van der Waals surface area contributed by atoms with Crippen LogP contribution >= 0.6 is 0 Å². The fourth-order valence-electron chi connectivity index (χ4n) is 1.71. The van der Waals surface area contributed by atoms with Gasteiger partial charge in [-0.05, 0) is 24.5 Å². The number of ether oxygens (including phenoxy) is 3. The van der Waals surface area contributed by atoms with Gasteiger partial charge in [-0.2, -0.15) is 0 Å². The third-order valence-electron chi connectivity index (χ3n) is 2.97. The van der Waals surface area contributed by atoms with E-state index in [1.54, 1.807) is 25.3 Å². The summed E-state index contributed by atoms with van der Waals surface area (Å²) in [5, 5.41) is 2.64. The van der Waals surface area contributed by atoms with Gasteiger partial charge in [0.2, 0.25) is 0 Å². The van der Waals surface area contributed by atoms with E-state index in [-0.39, 0.29) is 12.6 Å². The molecule has 0 aliphatic rings. The first-order chi connectivity index (χ1) is 10.5. The molecule has 0 aromatic heterocycles. The summed E-state index contributed by atoms with van der Waals surface area (Å²) in [4.78, 5) is 23.3. The Hall–Kier alpha value is -2.24. The van der Waals surface area contributed by atoms with Crippen molar-refractivity contribution in [2.75, 3.05) is 26.1 Å². The molecule has 1 aromatic carbocycles. The van der Waals surface area contributed by atoms with Crippen LogP contribution in [0.1, 0.15) is 26.7 Å². The number of hydrogen-bond acceptors (Lipinski definition) is 5. The summed E-state index contributed by atoms with van der Waals surface area (Å²) in [5.74, 6) is 0.727. The fraction of sp³-hybridized carbons (Fsp3) is 0.500. The molecule has 0 aliphatic heterocycles. The molecule has 0 aliphatic carbocycles. The Labute approximate surface area is 130 Å². The normalized spacial score (nSPS) is 10.2. The van der Waals surface area contributed by atoms with E-state index < -0.39 is 5.91 Å². The Kier molecular flexibility index (Phi) is 7.22. The summed E-state index contributed by atoms with van der Waals surface area (Å²) >= 11 is 0. The molecule has 0 saturated heterocycles. The van der Waals surface area contributed by atoms with E-state index in [0.29, 0.717) is 29.5 Å². The number of nitrogens with one attached hydrogen (secondary N) is 1. The lowest BCUT2D eigenvalue weighted by atomic mass is 10.1. The lowest BCUT2D eigenvalue weighted by Gasteiger charge is -2.12. The predicted octanol–water partition coefficient (Wildman–Crippen LogP) is 2.62. The minimum absolute atomic E-state index is 0.313. The second-order valence-electron chi connectivity index (χ2n) is 5.21. The van der Waals surface area contributed by atoms with E-state index in [1.807, 2.05) is 13.8 Å². The van der Waals surface area contributed by atoms with E-state index in [0.717, 1.165) is 6.42 Å². The number of anilines is 1. The van der Waals surface area contributed by atoms with Gasteiger partial charge in [-0.1, -0.05) is 13.8 Å². The molecule has 0 radical (unpaired) electrons. The number of esters is 1. The van der Waals surface area contributed by atoms with E-state index in [4.69, 9.17) is 14.2 Å². The highest BCUT2D eigenvalue weighted by atomic mass is 16.5. The smallest absolute Gasteiger partial charge is 0.306 e. The molecular formula is C16H23NO5. The van der Waals surface area contributed by atoms with Gasteiger partial charge in [-0.15, -0.1) is 0 Å². The lowest BCUT2D eigenvalue weighted by molar-refractivity contribution is -0.147. The van der Waals surface area contributed by atoms with Crippen molar-refractivity contribution in [1.29, 1.82) is 0 Å². The minimum atomic E-state index is -0.415. The largest absolute Gasteiger partial charge is 0.497 e. The van der Waals surface area contributed by atoms with Crippen LogP contribution in [-0.4, -0.2) is 32.7 Å². The van der Waals surface area contributed by atoms with Crippen LogP contribution in [0, 0.1) is 5.92 Å². The molecule has 1 aromatic rings. The zero-order valence-electron chi connectivity index (χ0n) is 13.5. The topological polar surface area (TPSA) is 73.9 Å². The summed E-state index contributed by atoms with van der Waals surface area (Å²) in [5.41, 5.74) is 0.492. The second-order valence-corrected chi connectivity index (χ2v) is 5.21. The molecule has 6 nitrogen and oxygen atoms in total. The average Bonchev–Trinajstić information content (AvgIpc) is 2.51. The highest BCUT2D eigenvalue weighted by Crippen LogP contribution is 2.28. The highest BCUT2D eigenvalue weighted by molar-refractivity contribution is 5.94. The first kappa shape index (κ1) is 17.8. The number of rotatable bonds is 8. The molecule has 0 atom stereocenters. The maximum Gasteiger partial charge on any atom is 0.306 e. The van der Waals surface area contributed by atoms with E-state index in [2.05, 4.69) is 5.32 Å². The molecule has 0 saturated carbocycles. The van der Waals surface area contributed by atoms with Crippen LogP contribution in [0.2, 0.25) is 0 Å². The van der Waals surface area contributed by atoms with Crippen LogP contribution in [0.25, 0.3) is 0 Å². The fourth-order valence-corrected chi connectivity index (χ4v) is 1.71. The Morgan fingerprint density at radius 3 is 2.50 bits per heavy atom. The Bertz CT molecular complexity index is 513. The van der Waals surface area contributed by atoms with Crippen molar-refractivity contribution >= 4 is 17.6 Å². The van der Waals surface area contributed by atoms with Crippen molar-refractivity contribution in [2.45, 2.75) is 26.7 Å². The minimum Gasteiger partial charge on any atom is -0.497 e. The van der Waals surface area contributed by atoms with E-state index in [1.165, 1.54) is 7.11 Å². The molecular weight excluding hydrogens is 286 g/mol. The molecule has 0 unspecified atom stereocenters. The van der Waals surface area contributed by atoms with Crippen molar-refractivity contribution in [3.63, 3.8) is 0 Å². The highest BCUT2D eigenvalue weighted by Gasteiger charge is 2.11. The van der Waals surface area contributed by atoms with Crippen LogP contribution in [0.5, 0.6) is 11.5 Å². The van der Waals surface area contributed by atoms with Crippen molar-refractivity contribution in [1.82, 2.24) is 0 Å². The van der Waals surface area contributed by atoms with Gasteiger partial charge in [0.1, 0.15) is 11.5 Å². The Morgan fingerprint density at radius 2 is 1.91 bits per heavy atom. The van der Waals surface area contributed by atoms with Crippen molar-refractivity contribution in [3.8, 4) is 11.5 Å². The standard InChI is InChI=1S/C16H23NO5/c1-11(2)5-8-16(19)22-10-15(18)17-13-7-6-12(20-3)9-14(13)21-4/h6-7,9,11H,5,8,10H2,1-4H3,(H,17,18). The Morgan fingerprint density at radius 1 is 1.18 bits per heavy atom. The first-order valence-corrected chi connectivity index (χ1v) is 7.13. The van der Waals surface area contributed by atoms with Gasteiger partial charge in [0.15, 0.2) is 6.61 Å². The van der Waals surface area contributed by atoms with Gasteiger partial charge in [-0.3, -0.25) is 9.59 Å². The summed E-state index contributed by atoms with van der Waals surface area (Å²) in [7, 11) is 3.04. The Balaban J connectivity index is 2.50. The zero-order chi connectivity index (χ0) is 16.5. The summed E-state index contributed by atoms with van der Waals surface area (Å²) < 4.78 is 15.2.